The normalized spacial score (nSPS) is 10.9. The highest BCUT2D eigenvalue weighted by Crippen LogP contribution is 2.26. The Hall–Kier alpha value is -3.04. The van der Waals surface area contributed by atoms with E-state index in [1.54, 1.807) is 31.2 Å². The number of rotatable bonds is 5. The van der Waals surface area contributed by atoms with E-state index in [-0.39, 0.29) is 16.0 Å². The van der Waals surface area contributed by atoms with Crippen molar-refractivity contribution in [2.24, 2.45) is 0 Å². The maximum atomic E-state index is 12.9. The predicted octanol–water partition coefficient (Wildman–Crippen LogP) is 3.14. The molecule has 144 valence electrons. The smallest absolute Gasteiger partial charge is 0.264 e. The zero-order chi connectivity index (χ0) is 20.1. The summed E-state index contributed by atoms with van der Waals surface area (Å²) in [5, 5.41) is 2.54. The highest BCUT2D eigenvalue weighted by Gasteiger charge is 2.20. The maximum Gasteiger partial charge on any atom is 0.264 e. The third-order valence-electron chi connectivity index (χ3n) is 3.75. The standard InChI is InChI=1S/C19H18N4O3S2/c1-13-12-17(26-2)21-18(20-13)22-19(27)23-28(24,25)16-11-7-6-10-15(16)14-8-4-3-5-9-14/h3-12H,1-2H3,(H2,20,21,22,23,27). The molecule has 2 aromatic carbocycles. The van der Waals surface area contributed by atoms with E-state index >= 15 is 0 Å². The third kappa shape index (κ3) is 4.62. The summed E-state index contributed by atoms with van der Waals surface area (Å²) >= 11 is 5.14. The van der Waals surface area contributed by atoms with Crippen molar-refractivity contribution in [2.45, 2.75) is 11.8 Å². The van der Waals surface area contributed by atoms with Crippen molar-refractivity contribution < 1.29 is 13.2 Å². The van der Waals surface area contributed by atoms with Crippen LogP contribution in [0.15, 0.2) is 65.6 Å². The number of anilines is 1. The van der Waals surface area contributed by atoms with Crippen LogP contribution in [0.25, 0.3) is 11.1 Å². The first-order valence-corrected chi connectivity index (χ1v) is 10.2. The first kappa shape index (κ1) is 19.7. The van der Waals surface area contributed by atoms with Crippen LogP contribution in [-0.4, -0.2) is 30.6 Å². The number of nitrogens with one attached hydrogen (secondary N) is 2. The highest BCUT2D eigenvalue weighted by molar-refractivity contribution is 7.92. The number of methoxy groups -OCH3 is 1. The number of hydrogen-bond donors (Lipinski definition) is 2. The number of nitrogens with zero attached hydrogens (tertiary/aromatic N) is 2. The van der Waals surface area contributed by atoms with Crippen LogP contribution in [0, 0.1) is 6.92 Å². The van der Waals surface area contributed by atoms with Gasteiger partial charge in [-0.1, -0.05) is 48.5 Å². The average molecular weight is 415 g/mol. The molecule has 0 atom stereocenters. The molecule has 0 fully saturated rings. The molecule has 0 radical (unpaired) electrons. The van der Waals surface area contributed by atoms with Crippen molar-refractivity contribution >= 4 is 33.3 Å². The molecule has 0 aliphatic rings. The lowest BCUT2D eigenvalue weighted by Gasteiger charge is -2.14. The second-order valence-corrected chi connectivity index (χ2v) is 7.86. The molecule has 0 unspecified atom stereocenters. The number of sulfonamides is 1. The number of thiocarbonyl (C=S) groups is 1. The van der Waals surface area contributed by atoms with E-state index in [4.69, 9.17) is 17.0 Å². The number of hydrogen-bond acceptors (Lipinski definition) is 6. The molecule has 7 nitrogen and oxygen atoms in total. The maximum absolute atomic E-state index is 12.9. The van der Waals surface area contributed by atoms with Gasteiger partial charge in [0.1, 0.15) is 0 Å². The van der Waals surface area contributed by atoms with Gasteiger partial charge >= 0.3 is 0 Å². The molecule has 9 heteroatoms. The molecule has 3 rings (SSSR count). The van der Waals surface area contributed by atoms with Crippen LogP contribution in [-0.2, 0) is 10.0 Å². The Bertz CT molecular complexity index is 1100. The van der Waals surface area contributed by atoms with Gasteiger partial charge in [0.05, 0.1) is 12.0 Å². The Kier molecular flexibility index (Phi) is 5.86. The molecule has 0 saturated carbocycles. The average Bonchev–Trinajstić information content (AvgIpc) is 2.67. The predicted molar refractivity (Wildman–Crippen MR) is 112 cm³/mol. The molecule has 0 saturated heterocycles. The largest absolute Gasteiger partial charge is 0.481 e. The van der Waals surface area contributed by atoms with E-state index in [0.717, 1.165) is 5.56 Å². The minimum absolute atomic E-state index is 0.119. The summed E-state index contributed by atoms with van der Waals surface area (Å²) in [6.45, 7) is 1.76. The Morgan fingerprint density at radius 2 is 1.71 bits per heavy atom. The number of aromatic nitrogens is 2. The Morgan fingerprint density at radius 1 is 1.04 bits per heavy atom. The minimum atomic E-state index is -3.92. The van der Waals surface area contributed by atoms with Crippen molar-refractivity contribution in [2.75, 3.05) is 12.4 Å². The van der Waals surface area contributed by atoms with E-state index in [2.05, 4.69) is 20.0 Å². The third-order valence-corrected chi connectivity index (χ3v) is 5.49. The zero-order valence-corrected chi connectivity index (χ0v) is 16.8. The lowest BCUT2D eigenvalue weighted by molar-refractivity contribution is 0.397. The fraction of sp³-hybridized carbons (Fsp3) is 0.105. The fourth-order valence-electron chi connectivity index (χ4n) is 2.56. The second kappa shape index (κ2) is 8.32. The Labute approximate surface area is 168 Å². The van der Waals surface area contributed by atoms with Crippen molar-refractivity contribution in [1.29, 1.82) is 0 Å². The molecular formula is C19H18N4O3S2. The first-order chi connectivity index (χ1) is 13.4. The summed E-state index contributed by atoms with van der Waals surface area (Å²) in [7, 11) is -2.45. The molecule has 0 bridgehead atoms. The molecule has 28 heavy (non-hydrogen) atoms. The number of ether oxygens (including phenoxy) is 1. The summed E-state index contributed by atoms with van der Waals surface area (Å²) in [4.78, 5) is 8.38. The van der Waals surface area contributed by atoms with Crippen LogP contribution in [0.5, 0.6) is 5.88 Å². The van der Waals surface area contributed by atoms with Gasteiger partial charge in [-0.05, 0) is 30.8 Å². The van der Waals surface area contributed by atoms with E-state index < -0.39 is 10.0 Å². The summed E-state index contributed by atoms with van der Waals surface area (Å²) in [6.07, 6.45) is 0. The van der Waals surface area contributed by atoms with Gasteiger partial charge < -0.3 is 10.1 Å². The highest BCUT2D eigenvalue weighted by atomic mass is 32.2. The Balaban J connectivity index is 1.85. The molecule has 0 amide bonds. The monoisotopic (exact) mass is 414 g/mol. The molecule has 0 spiro atoms. The minimum Gasteiger partial charge on any atom is -0.481 e. The van der Waals surface area contributed by atoms with Crippen LogP contribution >= 0.6 is 12.2 Å². The summed E-state index contributed by atoms with van der Waals surface area (Å²) in [5.74, 6) is 0.482. The van der Waals surface area contributed by atoms with Gasteiger partial charge in [-0.25, -0.2) is 13.4 Å². The van der Waals surface area contributed by atoms with E-state index in [1.807, 2.05) is 30.3 Å². The van der Waals surface area contributed by atoms with Gasteiger partial charge in [0.2, 0.25) is 11.8 Å². The van der Waals surface area contributed by atoms with Gasteiger partial charge in [-0.2, -0.15) is 4.98 Å². The Morgan fingerprint density at radius 3 is 2.43 bits per heavy atom. The van der Waals surface area contributed by atoms with E-state index in [1.165, 1.54) is 13.2 Å². The SMILES string of the molecule is COc1cc(C)nc(NC(=S)NS(=O)(=O)c2ccccc2-c2ccccc2)n1. The quantitative estimate of drug-likeness (QED) is 0.620. The van der Waals surface area contributed by atoms with Crippen LogP contribution in [0.4, 0.5) is 5.95 Å². The van der Waals surface area contributed by atoms with Crippen molar-refractivity contribution in [3.05, 3.63) is 66.4 Å². The molecule has 0 aliphatic carbocycles. The molecular weight excluding hydrogens is 396 g/mol. The second-order valence-electron chi connectivity index (χ2n) is 5.80. The molecule has 2 N–H and O–H groups in total. The zero-order valence-electron chi connectivity index (χ0n) is 15.2. The lowest BCUT2D eigenvalue weighted by Crippen LogP contribution is -2.35. The van der Waals surface area contributed by atoms with E-state index in [0.29, 0.717) is 17.1 Å². The summed E-state index contributed by atoms with van der Waals surface area (Å²) < 4.78 is 33.3. The van der Waals surface area contributed by atoms with Gasteiger partial charge in [0.25, 0.3) is 10.0 Å². The van der Waals surface area contributed by atoms with Crippen molar-refractivity contribution in [3.8, 4) is 17.0 Å². The van der Waals surface area contributed by atoms with Crippen LogP contribution in [0.1, 0.15) is 5.69 Å². The number of aryl methyl sites for hydroxylation is 1. The fourth-order valence-corrected chi connectivity index (χ4v) is 4.12. The molecule has 1 aromatic heterocycles. The lowest BCUT2D eigenvalue weighted by atomic mass is 10.1. The first-order valence-electron chi connectivity index (χ1n) is 8.27. The van der Waals surface area contributed by atoms with Crippen molar-refractivity contribution in [3.63, 3.8) is 0 Å². The van der Waals surface area contributed by atoms with Gasteiger partial charge in [0.15, 0.2) is 5.11 Å². The van der Waals surface area contributed by atoms with Gasteiger partial charge in [-0.3, -0.25) is 4.72 Å². The van der Waals surface area contributed by atoms with Crippen LogP contribution in [0.3, 0.4) is 0 Å². The van der Waals surface area contributed by atoms with Gasteiger partial charge in [-0.15, -0.1) is 0 Å². The summed E-state index contributed by atoms with van der Waals surface area (Å²) in [6, 6.07) is 17.6. The van der Waals surface area contributed by atoms with E-state index in [9.17, 15) is 8.42 Å². The van der Waals surface area contributed by atoms with Gasteiger partial charge in [0, 0.05) is 17.3 Å². The summed E-state index contributed by atoms with van der Waals surface area (Å²) in [5.41, 5.74) is 2.01. The van der Waals surface area contributed by atoms with Crippen LogP contribution < -0.4 is 14.8 Å². The molecule has 0 aliphatic heterocycles. The van der Waals surface area contributed by atoms with Crippen molar-refractivity contribution in [1.82, 2.24) is 14.7 Å². The molecule has 1 heterocycles. The van der Waals surface area contributed by atoms with Crippen LogP contribution in [0.2, 0.25) is 0 Å². The molecule has 3 aromatic rings. The number of benzene rings is 2. The topological polar surface area (TPSA) is 93.2 Å².